The second-order valence-electron chi connectivity index (χ2n) is 9.30. The third-order valence-corrected chi connectivity index (χ3v) is 9.26. The molecule has 10 nitrogen and oxygen atoms in total. The summed E-state index contributed by atoms with van der Waals surface area (Å²) in [5, 5.41) is 7.03. The first-order chi connectivity index (χ1) is 16.5. The van der Waals surface area contributed by atoms with Crippen LogP contribution >= 0.6 is 11.6 Å². The number of rotatable bonds is 5. The summed E-state index contributed by atoms with van der Waals surface area (Å²) in [7, 11) is -2.69. The Balaban J connectivity index is 1.69. The molecule has 1 aliphatic carbocycles. The summed E-state index contributed by atoms with van der Waals surface area (Å²) in [4.78, 5) is 28.1. The van der Waals surface area contributed by atoms with E-state index in [9.17, 15) is 18.0 Å². The zero-order chi connectivity index (χ0) is 25.5. The largest absolute Gasteiger partial charge is 0.350 e. The Morgan fingerprint density at radius 1 is 1.09 bits per heavy atom. The number of hydrogen-bond acceptors (Lipinski definition) is 6. The van der Waals surface area contributed by atoms with E-state index in [-0.39, 0.29) is 40.9 Å². The van der Waals surface area contributed by atoms with Crippen LogP contribution in [0, 0.1) is 13.8 Å². The first-order valence-corrected chi connectivity index (χ1v) is 13.5. The Hall–Kier alpha value is -2.47. The van der Waals surface area contributed by atoms with Gasteiger partial charge < -0.3 is 16.0 Å². The van der Waals surface area contributed by atoms with Crippen LogP contribution in [0.4, 0.5) is 0 Å². The molecule has 1 aromatic heterocycles. The molecule has 1 aromatic carbocycles. The number of sulfonamides is 1. The Kier molecular flexibility index (Phi) is 7.23. The summed E-state index contributed by atoms with van der Waals surface area (Å²) in [6, 6.07) is 6.92. The average Bonchev–Trinajstić information content (AvgIpc) is 3.37. The van der Waals surface area contributed by atoms with E-state index in [0.717, 1.165) is 22.7 Å². The molecule has 0 spiro atoms. The van der Waals surface area contributed by atoms with Gasteiger partial charge in [-0.25, -0.2) is 8.42 Å². The molecule has 2 heterocycles. The van der Waals surface area contributed by atoms with Crippen molar-refractivity contribution in [1.82, 2.24) is 24.3 Å². The highest BCUT2D eigenvalue weighted by molar-refractivity contribution is 7.89. The predicted molar refractivity (Wildman–Crippen MR) is 131 cm³/mol. The van der Waals surface area contributed by atoms with Crippen LogP contribution in [0.5, 0.6) is 0 Å². The van der Waals surface area contributed by atoms with Crippen LogP contribution in [0.2, 0.25) is 5.15 Å². The Bertz CT molecular complexity index is 1220. The molecule has 2 aromatic rings. The smallest absolute Gasteiger partial charge is 0.259 e. The lowest BCUT2D eigenvalue weighted by atomic mass is 9.92. The molecule has 0 bridgehead atoms. The maximum absolute atomic E-state index is 13.7. The van der Waals surface area contributed by atoms with Crippen molar-refractivity contribution in [1.29, 1.82) is 0 Å². The quantitative estimate of drug-likeness (QED) is 0.612. The molecule has 1 saturated carbocycles. The van der Waals surface area contributed by atoms with E-state index in [0.29, 0.717) is 18.4 Å². The minimum Gasteiger partial charge on any atom is -0.350 e. The molecule has 1 atom stereocenters. The van der Waals surface area contributed by atoms with Gasteiger partial charge in [-0.15, -0.1) is 0 Å². The van der Waals surface area contributed by atoms with Crippen LogP contribution in [-0.2, 0) is 21.9 Å². The summed E-state index contributed by atoms with van der Waals surface area (Å²) in [6.45, 7) is 3.48. The second-order valence-corrected chi connectivity index (χ2v) is 11.5. The van der Waals surface area contributed by atoms with Crippen LogP contribution in [0.15, 0.2) is 29.2 Å². The lowest BCUT2D eigenvalue weighted by Crippen LogP contribution is -2.56. The van der Waals surface area contributed by atoms with Crippen LogP contribution in [0.3, 0.4) is 0 Å². The first-order valence-electron chi connectivity index (χ1n) is 11.6. The summed E-state index contributed by atoms with van der Waals surface area (Å²) in [5.74, 6) is -0.952. The van der Waals surface area contributed by atoms with Gasteiger partial charge in [0, 0.05) is 37.8 Å². The number of aryl methyl sites for hydroxylation is 3. The van der Waals surface area contributed by atoms with Gasteiger partial charge in [-0.2, -0.15) is 9.40 Å². The zero-order valence-electron chi connectivity index (χ0n) is 20.1. The third kappa shape index (κ3) is 4.95. The number of benzene rings is 1. The number of halogens is 1. The number of nitrogens with two attached hydrogens (primary N) is 1. The van der Waals surface area contributed by atoms with Crippen LogP contribution in [0.1, 0.15) is 47.3 Å². The van der Waals surface area contributed by atoms with E-state index < -0.39 is 28.0 Å². The zero-order valence-corrected chi connectivity index (χ0v) is 21.6. The maximum Gasteiger partial charge on any atom is 0.259 e. The van der Waals surface area contributed by atoms with Crippen molar-refractivity contribution in [2.24, 2.45) is 12.8 Å². The van der Waals surface area contributed by atoms with E-state index in [4.69, 9.17) is 17.3 Å². The van der Waals surface area contributed by atoms with Crippen molar-refractivity contribution in [3.8, 4) is 0 Å². The molecule has 2 fully saturated rings. The number of nitrogens with zero attached hydrogens (tertiary/aromatic N) is 4. The summed E-state index contributed by atoms with van der Waals surface area (Å²) >= 11 is 6.28. The Morgan fingerprint density at radius 2 is 1.71 bits per heavy atom. The second kappa shape index (κ2) is 9.88. The van der Waals surface area contributed by atoms with Crippen molar-refractivity contribution in [3.05, 3.63) is 46.2 Å². The lowest BCUT2D eigenvalue weighted by molar-refractivity contribution is -0.128. The molecular formula is C23H31ClN6O4S. The molecule has 1 aliphatic heterocycles. The number of carbonyl (C=O) groups is 2. The SMILES string of the molecule is Cc1ccc(C(=O)N2CCN(S(=O)(=O)c3c(C)nn(C)c3Cl)C2C(=O)NC2CCC(N)CC2)cc1. The molecular weight excluding hydrogens is 492 g/mol. The van der Waals surface area contributed by atoms with Crippen LogP contribution < -0.4 is 11.1 Å². The molecule has 12 heteroatoms. The van der Waals surface area contributed by atoms with Crippen LogP contribution in [-0.4, -0.2) is 70.6 Å². The normalized spacial score (nSPS) is 23.5. The minimum atomic E-state index is -4.23. The first kappa shape index (κ1) is 25.6. The molecule has 4 rings (SSSR count). The van der Waals surface area contributed by atoms with Gasteiger partial charge in [0.15, 0.2) is 6.17 Å². The minimum absolute atomic E-state index is 0.0434. The van der Waals surface area contributed by atoms with Gasteiger partial charge >= 0.3 is 0 Å². The summed E-state index contributed by atoms with van der Waals surface area (Å²) in [6.07, 6.45) is 1.60. The highest BCUT2D eigenvalue weighted by Gasteiger charge is 2.48. The highest BCUT2D eigenvalue weighted by Crippen LogP contribution is 2.32. The van der Waals surface area contributed by atoms with Gasteiger partial charge in [0.1, 0.15) is 10.0 Å². The number of nitrogens with one attached hydrogen (secondary N) is 1. The van der Waals surface area contributed by atoms with E-state index in [1.807, 2.05) is 6.92 Å². The number of carbonyl (C=O) groups excluding carboxylic acids is 2. The fraction of sp³-hybridized carbons (Fsp3) is 0.522. The molecule has 35 heavy (non-hydrogen) atoms. The van der Waals surface area contributed by atoms with Crippen molar-refractivity contribution < 1.29 is 18.0 Å². The number of amides is 2. The van der Waals surface area contributed by atoms with Crippen molar-refractivity contribution in [2.75, 3.05) is 13.1 Å². The predicted octanol–water partition coefficient (Wildman–Crippen LogP) is 1.55. The van der Waals surface area contributed by atoms with Crippen molar-refractivity contribution in [2.45, 2.75) is 62.7 Å². The molecule has 2 aliphatic rings. The maximum atomic E-state index is 13.7. The summed E-state index contributed by atoms with van der Waals surface area (Å²) in [5.41, 5.74) is 7.58. The Labute approximate surface area is 210 Å². The standard InChI is InChI=1S/C23H31ClN6O4S/c1-14-4-6-16(7-5-14)23(32)29-12-13-30(35(33,34)19-15(2)27-28(3)20(19)24)22(29)21(31)26-18-10-8-17(25)9-11-18/h4-7,17-18,22H,8-13,25H2,1-3H3,(H,26,31). The number of hydrogen-bond donors (Lipinski definition) is 2. The molecule has 190 valence electrons. The van der Waals surface area contributed by atoms with E-state index >= 15 is 0 Å². The van der Waals surface area contributed by atoms with Crippen molar-refractivity contribution >= 4 is 33.4 Å². The topological polar surface area (TPSA) is 131 Å². The Morgan fingerprint density at radius 3 is 2.29 bits per heavy atom. The monoisotopic (exact) mass is 522 g/mol. The van der Waals surface area contributed by atoms with Gasteiger partial charge in [-0.1, -0.05) is 29.3 Å². The number of aromatic nitrogens is 2. The van der Waals surface area contributed by atoms with E-state index in [1.165, 1.54) is 9.58 Å². The summed E-state index contributed by atoms with van der Waals surface area (Å²) < 4.78 is 29.8. The molecule has 0 radical (unpaired) electrons. The lowest BCUT2D eigenvalue weighted by Gasteiger charge is -2.32. The molecule has 1 saturated heterocycles. The average molecular weight is 523 g/mol. The van der Waals surface area contributed by atoms with Gasteiger partial charge in [-0.3, -0.25) is 14.3 Å². The van der Waals surface area contributed by atoms with Gasteiger partial charge in [0.05, 0.1) is 5.69 Å². The molecule has 2 amide bonds. The van der Waals surface area contributed by atoms with E-state index in [2.05, 4.69) is 10.4 Å². The fourth-order valence-corrected chi connectivity index (χ4v) is 7.02. The fourth-order valence-electron chi connectivity index (χ4n) is 4.76. The van der Waals surface area contributed by atoms with Gasteiger partial charge in [0.25, 0.3) is 11.8 Å². The molecule has 1 unspecified atom stereocenters. The van der Waals surface area contributed by atoms with Gasteiger partial charge in [-0.05, 0) is 51.7 Å². The van der Waals surface area contributed by atoms with Crippen LogP contribution in [0.25, 0.3) is 0 Å². The van der Waals surface area contributed by atoms with Crippen molar-refractivity contribution in [3.63, 3.8) is 0 Å². The van der Waals surface area contributed by atoms with Gasteiger partial charge in [0.2, 0.25) is 10.0 Å². The third-order valence-electron chi connectivity index (χ3n) is 6.71. The molecule has 3 N–H and O–H groups in total. The van der Waals surface area contributed by atoms with E-state index in [1.54, 1.807) is 38.2 Å². The highest BCUT2D eigenvalue weighted by atomic mass is 35.5.